The van der Waals surface area contributed by atoms with Gasteiger partial charge in [-0.3, -0.25) is 24.7 Å². The fourth-order valence-electron chi connectivity index (χ4n) is 1.72. The summed E-state index contributed by atoms with van der Waals surface area (Å²) in [7, 11) is 0. The van der Waals surface area contributed by atoms with Gasteiger partial charge >= 0.3 is 5.69 Å². The minimum atomic E-state index is -1.02. The molecule has 124 valence electrons. The molecule has 0 bridgehead atoms. The number of hydrogen-bond acceptors (Lipinski definition) is 5. The van der Waals surface area contributed by atoms with E-state index in [4.69, 9.17) is 11.6 Å². The Hall–Kier alpha value is -3.07. The van der Waals surface area contributed by atoms with Crippen molar-refractivity contribution in [3.8, 4) is 0 Å². The topological polar surface area (TPSA) is 114 Å². The zero-order valence-electron chi connectivity index (χ0n) is 12.0. The molecular formula is C14H10ClFN4O4. The number of aromatic nitrogens is 1. The van der Waals surface area contributed by atoms with Crippen molar-refractivity contribution in [2.75, 3.05) is 11.9 Å². The smallest absolute Gasteiger partial charge is 0.306 e. The van der Waals surface area contributed by atoms with E-state index in [-0.39, 0.29) is 11.4 Å². The van der Waals surface area contributed by atoms with E-state index in [1.807, 2.05) is 0 Å². The van der Waals surface area contributed by atoms with E-state index < -0.39 is 34.8 Å². The first-order valence-electron chi connectivity index (χ1n) is 6.50. The van der Waals surface area contributed by atoms with Crippen LogP contribution in [0, 0.1) is 15.9 Å². The number of hydrogen-bond donors (Lipinski definition) is 2. The van der Waals surface area contributed by atoms with Crippen LogP contribution >= 0.6 is 11.6 Å². The third-order valence-corrected chi connectivity index (χ3v) is 3.03. The van der Waals surface area contributed by atoms with Crippen LogP contribution in [-0.2, 0) is 4.79 Å². The number of benzene rings is 1. The van der Waals surface area contributed by atoms with Crippen molar-refractivity contribution in [2.45, 2.75) is 0 Å². The zero-order valence-corrected chi connectivity index (χ0v) is 12.7. The number of nitrogens with one attached hydrogen (secondary N) is 2. The van der Waals surface area contributed by atoms with Crippen LogP contribution in [0.25, 0.3) is 0 Å². The van der Waals surface area contributed by atoms with E-state index in [2.05, 4.69) is 15.6 Å². The lowest BCUT2D eigenvalue weighted by molar-refractivity contribution is -0.387. The van der Waals surface area contributed by atoms with E-state index in [1.54, 1.807) is 0 Å². The third kappa shape index (κ3) is 4.46. The van der Waals surface area contributed by atoms with Crippen LogP contribution in [0.4, 0.5) is 15.8 Å². The Morgan fingerprint density at radius 2 is 2.04 bits per heavy atom. The second-order valence-corrected chi connectivity index (χ2v) is 4.95. The molecule has 0 spiro atoms. The number of rotatable bonds is 5. The van der Waals surface area contributed by atoms with Crippen molar-refractivity contribution >= 4 is 34.8 Å². The highest BCUT2D eigenvalue weighted by Gasteiger charge is 2.16. The van der Waals surface area contributed by atoms with Crippen molar-refractivity contribution in [1.29, 1.82) is 0 Å². The molecule has 0 atom stereocenters. The van der Waals surface area contributed by atoms with Gasteiger partial charge < -0.3 is 10.6 Å². The van der Waals surface area contributed by atoms with Crippen LogP contribution in [0.5, 0.6) is 0 Å². The first kappa shape index (κ1) is 17.3. The molecule has 1 heterocycles. The van der Waals surface area contributed by atoms with Crippen LogP contribution in [0.15, 0.2) is 36.5 Å². The first-order chi connectivity index (χ1) is 11.4. The number of nitro benzene ring substituents is 1. The highest BCUT2D eigenvalue weighted by atomic mass is 35.5. The molecule has 0 radical (unpaired) electrons. The van der Waals surface area contributed by atoms with E-state index in [1.165, 1.54) is 24.4 Å². The summed E-state index contributed by atoms with van der Waals surface area (Å²) in [6.07, 6.45) is 1.34. The van der Waals surface area contributed by atoms with E-state index in [0.29, 0.717) is 5.02 Å². The number of carbonyl (C=O) groups excluding carboxylic acids is 2. The predicted molar refractivity (Wildman–Crippen MR) is 83.3 cm³/mol. The molecular weight excluding hydrogens is 343 g/mol. The zero-order chi connectivity index (χ0) is 17.7. The molecule has 8 nitrogen and oxygen atoms in total. The van der Waals surface area contributed by atoms with Crippen molar-refractivity contribution in [2.24, 2.45) is 0 Å². The molecule has 2 amide bonds. The molecule has 0 unspecified atom stereocenters. The summed E-state index contributed by atoms with van der Waals surface area (Å²) in [5, 5.41) is 15.6. The molecule has 2 aromatic rings. The molecule has 10 heteroatoms. The van der Waals surface area contributed by atoms with Crippen molar-refractivity contribution in [1.82, 2.24) is 10.3 Å². The van der Waals surface area contributed by atoms with Gasteiger partial charge in [0.25, 0.3) is 5.91 Å². The Bertz CT molecular complexity index is 815. The van der Waals surface area contributed by atoms with Crippen LogP contribution in [-0.4, -0.2) is 28.3 Å². The van der Waals surface area contributed by atoms with Gasteiger partial charge in [-0.15, -0.1) is 0 Å². The second kappa shape index (κ2) is 7.47. The lowest BCUT2D eigenvalue weighted by atomic mass is 10.2. The van der Waals surface area contributed by atoms with Gasteiger partial charge in [0.05, 0.1) is 11.5 Å². The number of pyridine rings is 1. The second-order valence-electron chi connectivity index (χ2n) is 4.51. The molecule has 0 fully saturated rings. The number of amides is 2. The number of nitro groups is 1. The van der Waals surface area contributed by atoms with Crippen molar-refractivity contribution in [3.63, 3.8) is 0 Å². The van der Waals surface area contributed by atoms with Crippen LogP contribution in [0.3, 0.4) is 0 Å². The average Bonchev–Trinajstić information content (AvgIpc) is 2.54. The van der Waals surface area contributed by atoms with Gasteiger partial charge in [0.1, 0.15) is 5.69 Å². The van der Waals surface area contributed by atoms with Crippen LogP contribution in [0.2, 0.25) is 5.02 Å². The summed E-state index contributed by atoms with van der Waals surface area (Å²) in [6.45, 7) is -0.405. The summed E-state index contributed by atoms with van der Waals surface area (Å²) >= 11 is 5.73. The Labute approximate surface area is 139 Å². The van der Waals surface area contributed by atoms with Gasteiger partial charge in [-0.05, 0) is 24.3 Å². The molecule has 0 aliphatic carbocycles. The minimum absolute atomic E-state index is 0.0308. The monoisotopic (exact) mass is 352 g/mol. The Morgan fingerprint density at radius 3 is 2.71 bits per heavy atom. The summed E-state index contributed by atoms with van der Waals surface area (Å²) < 4.78 is 13.2. The molecule has 0 saturated carbocycles. The molecule has 0 aliphatic heterocycles. The summed E-state index contributed by atoms with van der Waals surface area (Å²) in [4.78, 5) is 37.1. The van der Waals surface area contributed by atoms with Crippen LogP contribution in [0.1, 0.15) is 10.5 Å². The molecule has 0 saturated heterocycles. The lowest BCUT2D eigenvalue weighted by Gasteiger charge is -2.07. The summed E-state index contributed by atoms with van der Waals surface area (Å²) in [5.41, 5.74) is -0.698. The number of carbonyl (C=O) groups is 2. The van der Waals surface area contributed by atoms with Crippen molar-refractivity contribution < 1.29 is 18.9 Å². The van der Waals surface area contributed by atoms with Gasteiger partial charge in [0, 0.05) is 23.0 Å². The predicted octanol–water partition coefficient (Wildman–Crippen LogP) is 2.15. The normalized spacial score (nSPS) is 10.1. The molecule has 2 rings (SSSR count). The molecule has 1 aromatic heterocycles. The summed E-state index contributed by atoms with van der Waals surface area (Å²) in [5.74, 6) is -2.28. The molecule has 24 heavy (non-hydrogen) atoms. The van der Waals surface area contributed by atoms with Gasteiger partial charge in [0.15, 0.2) is 0 Å². The van der Waals surface area contributed by atoms with E-state index in [0.717, 1.165) is 12.1 Å². The fraction of sp³-hybridized carbons (Fsp3) is 0.0714. The lowest BCUT2D eigenvalue weighted by Crippen LogP contribution is -2.33. The van der Waals surface area contributed by atoms with Crippen molar-refractivity contribution in [3.05, 3.63) is 63.2 Å². The maximum absolute atomic E-state index is 13.2. The quantitative estimate of drug-likeness (QED) is 0.632. The van der Waals surface area contributed by atoms with Gasteiger partial charge in [-0.25, -0.2) is 0 Å². The summed E-state index contributed by atoms with van der Waals surface area (Å²) in [6, 6.07) is 5.74. The average molecular weight is 353 g/mol. The fourth-order valence-corrected chi connectivity index (χ4v) is 1.88. The third-order valence-electron chi connectivity index (χ3n) is 2.79. The number of halogens is 2. The van der Waals surface area contributed by atoms with E-state index in [9.17, 15) is 24.1 Å². The minimum Gasteiger partial charge on any atom is -0.342 e. The SMILES string of the molecule is O=C(CNC(=O)c1cc(Cl)ccn1)Nc1ccc(F)c([N+](=O)[O-])c1. The van der Waals surface area contributed by atoms with Gasteiger partial charge in [-0.2, -0.15) is 4.39 Å². The number of nitrogens with zero attached hydrogens (tertiary/aromatic N) is 2. The highest BCUT2D eigenvalue weighted by Crippen LogP contribution is 2.21. The maximum atomic E-state index is 13.2. The first-order valence-corrected chi connectivity index (χ1v) is 6.88. The van der Waals surface area contributed by atoms with Gasteiger partial charge in [0.2, 0.25) is 11.7 Å². The van der Waals surface area contributed by atoms with Gasteiger partial charge in [-0.1, -0.05) is 11.6 Å². The van der Waals surface area contributed by atoms with E-state index >= 15 is 0 Å². The Balaban J connectivity index is 1.95. The highest BCUT2D eigenvalue weighted by molar-refractivity contribution is 6.30. The standard InChI is InChI=1S/C14H10ClFN4O4/c15-8-3-4-17-11(5-8)14(22)18-7-13(21)19-9-1-2-10(16)12(6-9)20(23)24/h1-6H,7H2,(H,18,22)(H,19,21). The molecule has 1 aromatic carbocycles. The van der Waals surface area contributed by atoms with Crippen LogP contribution < -0.4 is 10.6 Å². The Morgan fingerprint density at radius 1 is 1.29 bits per heavy atom. The Kier molecular flexibility index (Phi) is 5.38. The maximum Gasteiger partial charge on any atom is 0.306 e. The largest absolute Gasteiger partial charge is 0.342 e. The molecule has 0 aliphatic rings. The number of anilines is 1. The molecule has 2 N–H and O–H groups in total.